The highest BCUT2D eigenvalue weighted by atomic mass is 19.1. The van der Waals surface area contributed by atoms with Crippen LogP contribution in [0.4, 0.5) is 10.1 Å². The summed E-state index contributed by atoms with van der Waals surface area (Å²) in [6.07, 6.45) is 4.38. The van der Waals surface area contributed by atoms with E-state index in [1.54, 1.807) is 18.3 Å². The number of anilines is 1. The molecule has 0 fully saturated rings. The summed E-state index contributed by atoms with van der Waals surface area (Å²) in [6, 6.07) is 12.2. The molecule has 130 valence electrons. The van der Waals surface area contributed by atoms with E-state index in [-0.39, 0.29) is 23.6 Å². The maximum Gasteiger partial charge on any atom is 0.257 e. The van der Waals surface area contributed by atoms with Crippen molar-refractivity contribution in [2.75, 3.05) is 5.32 Å². The second kappa shape index (κ2) is 7.98. The van der Waals surface area contributed by atoms with Gasteiger partial charge in [-0.05, 0) is 42.5 Å². The van der Waals surface area contributed by atoms with Crippen molar-refractivity contribution < 1.29 is 14.0 Å². The molecule has 3 aromatic rings. The maximum atomic E-state index is 12.9. The number of nitrogens with one attached hydrogen (secondary N) is 2. The molecule has 0 saturated heterocycles. The van der Waals surface area contributed by atoms with Gasteiger partial charge in [-0.1, -0.05) is 6.07 Å². The molecule has 2 N–H and O–H groups in total. The number of carbonyl (C=O) groups is 2. The minimum atomic E-state index is -0.441. The second-order valence-corrected chi connectivity index (χ2v) is 5.43. The molecule has 0 bridgehead atoms. The molecule has 0 unspecified atom stereocenters. The third kappa shape index (κ3) is 4.47. The molecule has 2 amide bonds. The first-order valence-corrected chi connectivity index (χ1v) is 7.82. The summed E-state index contributed by atoms with van der Waals surface area (Å²) in [5.74, 6) is -1.20. The van der Waals surface area contributed by atoms with Crippen LogP contribution >= 0.6 is 0 Å². The van der Waals surface area contributed by atoms with E-state index in [4.69, 9.17) is 0 Å². The first kappa shape index (κ1) is 17.2. The molecule has 2 aromatic heterocycles. The largest absolute Gasteiger partial charge is 0.346 e. The van der Waals surface area contributed by atoms with E-state index in [1.807, 2.05) is 6.07 Å². The van der Waals surface area contributed by atoms with E-state index in [0.29, 0.717) is 5.69 Å². The predicted molar refractivity (Wildman–Crippen MR) is 94.0 cm³/mol. The molecule has 6 nitrogen and oxygen atoms in total. The molecule has 0 spiro atoms. The third-order valence-electron chi connectivity index (χ3n) is 3.52. The summed E-state index contributed by atoms with van der Waals surface area (Å²) in [4.78, 5) is 32.6. The molecule has 0 saturated carbocycles. The van der Waals surface area contributed by atoms with E-state index >= 15 is 0 Å². The Morgan fingerprint density at radius 1 is 0.962 bits per heavy atom. The summed E-state index contributed by atoms with van der Waals surface area (Å²) >= 11 is 0. The van der Waals surface area contributed by atoms with Crippen LogP contribution in [0.2, 0.25) is 0 Å². The maximum absolute atomic E-state index is 12.9. The van der Waals surface area contributed by atoms with E-state index in [2.05, 4.69) is 20.6 Å². The SMILES string of the molecule is O=C(NCc1ccccn1)c1cncc(C(=O)Nc2ccc(F)cc2)c1. The van der Waals surface area contributed by atoms with Gasteiger partial charge >= 0.3 is 0 Å². The van der Waals surface area contributed by atoms with Crippen molar-refractivity contribution in [3.63, 3.8) is 0 Å². The van der Waals surface area contributed by atoms with Crippen molar-refractivity contribution in [3.8, 4) is 0 Å². The highest BCUT2D eigenvalue weighted by Crippen LogP contribution is 2.11. The van der Waals surface area contributed by atoms with Gasteiger partial charge in [0.2, 0.25) is 0 Å². The number of benzene rings is 1. The number of hydrogen-bond acceptors (Lipinski definition) is 4. The zero-order valence-corrected chi connectivity index (χ0v) is 13.6. The lowest BCUT2D eigenvalue weighted by Gasteiger charge is -2.07. The fourth-order valence-electron chi connectivity index (χ4n) is 2.20. The molecule has 3 rings (SSSR count). The normalized spacial score (nSPS) is 10.2. The van der Waals surface area contributed by atoms with Gasteiger partial charge in [-0.2, -0.15) is 0 Å². The molecular weight excluding hydrogens is 335 g/mol. The van der Waals surface area contributed by atoms with Gasteiger partial charge in [-0.3, -0.25) is 19.6 Å². The Morgan fingerprint density at radius 3 is 2.38 bits per heavy atom. The number of aromatic nitrogens is 2. The van der Waals surface area contributed by atoms with Gasteiger partial charge in [0.05, 0.1) is 23.4 Å². The molecule has 1 aromatic carbocycles. The van der Waals surface area contributed by atoms with Crippen molar-refractivity contribution in [1.29, 1.82) is 0 Å². The third-order valence-corrected chi connectivity index (χ3v) is 3.52. The Hall–Kier alpha value is -3.61. The van der Waals surface area contributed by atoms with Crippen LogP contribution in [0, 0.1) is 5.82 Å². The van der Waals surface area contributed by atoms with Gasteiger partial charge in [-0.25, -0.2) is 4.39 Å². The van der Waals surface area contributed by atoms with Crippen LogP contribution in [-0.4, -0.2) is 21.8 Å². The lowest BCUT2D eigenvalue weighted by Crippen LogP contribution is -2.24. The van der Waals surface area contributed by atoms with Crippen LogP contribution in [-0.2, 0) is 6.54 Å². The van der Waals surface area contributed by atoms with Gasteiger partial charge in [-0.15, -0.1) is 0 Å². The first-order chi connectivity index (χ1) is 12.6. The molecule has 7 heteroatoms. The van der Waals surface area contributed by atoms with Gasteiger partial charge in [0.15, 0.2) is 0 Å². The van der Waals surface area contributed by atoms with Gasteiger partial charge in [0, 0.05) is 24.3 Å². The average molecular weight is 350 g/mol. The molecule has 0 aliphatic rings. The standard InChI is InChI=1S/C19H15FN4O2/c20-15-4-6-16(7-5-15)24-19(26)14-9-13(10-21-11-14)18(25)23-12-17-3-1-2-8-22-17/h1-11H,12H2,(H,23,25)(H,24,26). The van der Waals surface area contributed by atoms with Crippen molar-refractivity contribution in [2.45, 2.75) is 6.54 Å². The molecular formula is C19H15FN4O2. The Balaban J connectivity index is 1.66. The summed E-state index contributed by atoms with van der Waals surface area (Å²) in [5.41, 5.74) is 1.65. The molecule has 2 heterocycles. The number of pyridine rings is 2. The van der Waals surface area contributed by atoms with Crippen LogP contribution < -0.4 is 10.6 Å². The van der Waals surface area contributed by atoms with E-state index < -0.39 is 11.7 Å². The number of amides is 2. The van der Waals surface area contributed by atoms with Crippen molar-refractivity contribution >= 4 is 17.5 Å². The van der Waals surface area contributed by atoms with E-state index in [9.17, 15) is 14.0 Å². The minimum absolute atomic E-state index is 0.222. The Kier molecular flexibility index (Phi) is 5.28. The zero-order chi connectivity index (χ0) is 18.4. The molecule has 0 aliphatic carbocycles. The van der Waals surface area contributed by atoms with Crippen LogP contribution in [0.1, 0.15) is 26.4 Å². The topological polar surface area (TPSA) is 84.0 Å². The monoisotopic (exact) mass is 350 g/mol. The fourth-order valence-corrected chi connectivity index (χ4v) is 2.20. The summed E-state index contributed by atoms with van der Waals surface area (Å²) in [5, 5.41) is 5.34. The summed E-state index contributed by atoms with van der Waals surface area (Å²) < 4.78 is 12.9. The highest BCUT2D eigenvalue weighted by Gasteiger charge is 2.12. The van der Waals surface area contributed by atoms with Crippen LogP contribution in [0.15, 0.2) is 67.1 Å². The van der Waals surface area contributed by atoms with E-state index in [0.717, 1.165) is 5.69 Å². The zero-order valence-electron chi connectivity index (χ0n) is 13.6. The Bertz CT molecular complexity index is 914. The highest BCUT2D eigenvalue weighted by molar-refractivity contribution is 6.05. The number of rotatable bonds is 5. The lowest BCUT2D eigenvalue weighted by atomic mass is 10.1. The van der Waals surface area contributed by atoms with Crippen molar-refractivity contribution in [2.24, 2.45) is 0 Å². The number of hydrogen-bond donors (Lipinski definition) is 2. The van der Waals surface area contributed by atoms with Crippen LogP contribution in [0.5, 0.6) is 0 Å². The Labute approximate surface area is 149 Å². The number of nitrogens with zero attached hydrogens (tertiary/aromatic N) is 2. The fraction of sp³-hybridized carbons (Fsp3) is 0.0526. The average Bonchev–Trinajstić information content (AvgIpc) is 2.69. The molecule has 0 atom stereocenters. The summed E-state index contributed by atoms with van der Waals surface area (Å²) in [7, 11) is 0. The van der Waals surface area contributed by atoms with Crippen LogP contribution in [0.3, 0.4) is 0 Å². The quantitative estimate of drug-likeness (QED) is 0.741. The molecule has 26 heavy (non-hydrogen) atoms. The minimum Gasteiger partial charge on any atom is -0.346 e. The summed E-state index contributed by atoms with van der Waals surface area (Å²) in [6.45, 7) is 0.270. The van der Waals surface area contributed by atoms with Crippen molar-refractivity contribution in [1.82, 2.24) is 15.3 Å². The smallest absolute Gasteiger partial charge is 0.257 e. The second-order valence-electron chi connectivity index (χ2n) is 5.43. The Morgan fingerprint density at radius 2 is 1.69 bits per heavy atom. The van der Waals surface area contributed by atoms with Crippen molar-refractivity contribution in [3.05, 3.63) is 89.8 Å². The number of carbonyl (C=O) groups excluding carboxylic acids is 2. The molecule has 0 radical (unpaired) electrons. The van der Waals surface area contributed by atoms with Crippen LogP contribution in [0.25, 0.3) is 0 Å². The molecule has 0 aliphatic heterocycles. The van der Waals surface area contributed by atoms with Gasteiger partial charge in [0.1, 0.15) is 5.82 Å². The first-order valence-electron chi connectivity index (χ1n) is 7.82. The van der Waals surface area contributed by atoms with Gasteiger partial charge < -0.3 is 10.6 Å². The van der Waals surface area contributed by atoms with Gasteiger partial charge in [0.25, 0.3) is 11.8 Å². The lowest BCUT2D eigenvalue weighted by molar-refractivity contribution is 0.0950. The predicted octanol–water partition coefficient (Wildman–Crippen LogP) is 2.80. The van der Waals surface area contributed by atoms with E-state index in [1.165, 1.54) is 42.7 Å². The number of halogens is 1.